The number of ether oxygens (including phenoxy) is 1. The van der Waals surface area contributed by atoms with Crippen LogP contribution in [0.3, 0.4) is 0 Å². The maximum Gasteiger partial charge on any atom is 0.490 e. The van der Waals surface area contributed by atoms with Crippen LogP contribution in [0.4, 0.5) is 17.6 Å². The molecule has 0 aromatic heterocycles. The molecule has 0 spiro atoms. The standard InChI is InChI=1S/C18H25FN2O2.C2HF3O2/c1-12-11-21(18(22)14-4-5-14)8-7-16(12)20-10-13-3-6-17(23-2)15(19)9-13;3-2(4,5)1(6)7/h3,6,9,12,14,16,20H,4-5,7-8,10-11H2,1-2H3;(H,6,7). The number of nitrogens with one attached hydrogen (secondary N) is 1. The van der Waals surface area contributed by atoms with Crippen LogP contribution < -0.4 is 10.1 Å². The van der Waals surface area contributed by atoms with Gasteiger partial charge in [-0.2, -0.15) is 13.2 Å². The molecule has 2 atom stereocenters. The summed E-state index contributed by atoms with van der Waals surface area (Å²) in [6.45, 7) is 4.46. The molecule has 1 heterocycles. The molecule has 30 heavy (non-hydrogen) atoms. The van der Waals surface area contributed by atoms with E-state index in [1.807, 2.05) is 11.0 Å². The summed E-state index contributed by atoms with van der Waals surface area (Å²) in [6, 6.07) is 5.42. The highest BCUT2D eigenvalue weighted by Gasteiger charge is 2.38. The molecule has 2 aliphatic rings. The largest absolute Gasteiger partial charge is 0.494 e. The van der Waals surface area contributed by atoms with E-state index in [4.69, 9.17) is 14.6 Å². The zero-order chi connectivity index (χ0) is 22.5. The second-order valence-electron chi connectivity index (χ2n) is 7.58. The average molecular weight is 434 g/mol. The molecule has 1 aliphatic heterocycles. The minimum Gasteiger partial charge on any atom is -0.494 e. The molecular formula is C20H26F4N2O4. The van der Waals surface area contributed by atoms with Gasteiger partial charge in [0.2, 0.25) is 5.91 Å². The summed E-state index contributed by atoms with van der Waals surface area (Å²) in [5.74, 6) is -1.76. The third-order valence-corrected chi connectivity index (χ3v) is 5.17. The van der Waals surface area contributed by atoms with E-state index in [2.05, 4.69) is 12.2 Å². The SMILES string of the molecule is COc1ccc(CNC2CCN(C(=O)C3CC3)CC2C)cc1F.O=C(O)C(F)(F)F. The van der Waals surface area contributed by atoms with E-state index >= 15 is 0 Å². The first kappa shape index (κ1) is 23.9. The third-order valence-electron chi connectivity index (χ3n) is 5.17. The molecule has 1 aromatic carbocycles. The Labute approximate surface area is 172 Å². The lowest BCUT2D eigenvalue weighted by atomic mass is 9.93. The van der Waals surface area contributed by atoms with Gasteiger partial charge >= 0.3 is 12.1 Å². The number of rotatable bonds is 5. The second kappa shape index (κ2) is 10.1. The predicted octanol–water partition coefficient (Wildman–Crippen LogP) is 3.20. The monoisotopic (exact) mass is 434 g/mol. The number of alkyl halides is 3. The lowest BCUT2D eigenvalue weighted by molar-refractivity contribution is -0.192. The summed E-state index contributed by atoms with van der Waals surface area (Å²) in [7, 11) is 1.47. The normalized spacial score (nSPS) is 21.5. The van der Waals surface area contributed by atoms with Crippen molar-refractivity contribution in [3.8, 4) is 5.75 Å². The highest BCUT2D eigenvalue weighted by molar-refractivity contribution is 5.81. The lowest BCUT2D eigenvalue weighted by Gasteiger charge is -2.37. The minimum atomic E-state index is -5.08. The number of amides is 1. The first-order chi connectivity index (χ1) is 14.0. The van der Waals surface area contributed by atoms with Gasteiger partial charge in [0, 0.05) is 31.6 Å². The summed E-state index contributed by atoms with van der Waals surface area (Å²) in [5, 5.41) is 10.6. The second-order valence-corrected chi connectivity index (χ2v) is 7.58. The van der Waals surface area contributed by atoms with Crippen LogP contribution in [-0.4, -0.2) is 54.3 Å². The zero-order valence-corrected chi connectivity index (χ0v) is 16.8. The number of nitrogens with zero attached hydrogens (tertiary/aromatic N) is 1. The van der Waals surface area contributed by atoms with E-state index in [-0.39, 0.29) is 11.6 Å². The predicted molar refractivity (Wildman–Crippen MR) is 100 cm³/mol. The number of carbonyl (C=O) groups is 2. The van der Waals surface area contributed by atoms with Crippen LogP contribution in [0, 0.1) is 17.7 Å². The van der Waals surface area contributed by atoms with Crippen molar-refractivity contribution in [2.75, 3.05) is 20.2 Å². The van der Waals surface area contributed by atoms with E-state index in [0.29, 0.717) is 30.3 Å². The van der Waals surface area contributed by atoms with Crippen molar-refractivity contribution in [3.05, 3.63) is 29.6 Å². The number of halogens is 4. The Morgan fingerprint density at radius 1 is 1.27 bits per heavy atom. The number of carboxylic acids is 1. The van der Waals surface area contributed by atoms with Crippen molar-refractivity contribution in [1.29, 1.82) is 0 Å². The van der Waals surface area contributed by atoms with E-state index in [1.54, 1.807) is 6.07 Å². The Hall–Kier alpha value is -2.36. The van der Waals surface area contributed by atoms with Crippen LogP contribution in [-0.2, 0) is 16.1 Å². The number of hydrogen-bond donors (Lipinski definition) is 2. The smallest absolute Gasteiger partial charge is 0.490 e. The topological polar surface area (TPSA) is 78.9 Å². The maximum absolute atomic E-state index is 13.7. The molecule has 3 rings (SSSR count). The number of likely N-dealkylation sites (tertiary alicyclic amines) is 1. The van der Waals surface area contributed by atoms with E-state index in [1.165, 1.54) is 13.2 Å². The molecule has 1 aliphatic carbocycles. The van der Waals surface area contributed by atoms with Crippen molar-refractivity contribution in [3.63, 3.8) is 0 Å². The van der Waals surface area contributed by atoms with Crippen molar-refractivity contribution < 1.29 is 37.0 Å². The molecule has 168 valence electrons. The van der Waals surface area contributed by atoms with Gasteiger partial charge in [-0.05, 0) is 42.9 Å². The third kappa shape index (κ3) is 6.86. The van der Waals surface area contributed by atoms with Gasteiger partial charge in [0.05, 0.1) is 7.11 Å². The summed E-state index contributed by atoms with van der Waals surface area (Å²) in [5.41, 5.74) is 0.909. The first-order valence-corrected chi connectivity index (χ1v) is 9.67. The first-order valence-electron chi connectivity index (χ1n) is 9.67. The number of carbonyl (C=O) groups excluding carboxylic acids is 1. The summed E-state index contributed by atoms with van der Waals surface area (Å²) >= 11 is 0. The molecule has 10 heteroatoms. The van der Waals surface area contributed by atoms with Crippen molar-refractivity contribution in [1.82, 2.24) is 10.2 Å². The van der Waals surface area contributed by atoms with E-state index in [0.717, 1.165) is 37.9 Å². The van der Waals surface area contributed by atoms with Gasteiger partial charge in [-0.15, -0.1) is 0 Å². The molecule has 2 fully saturated rings. The molecule has 0 radical (unpaired) electrons. The van der Waals surface area contributed by atoms with Gasteiger partial charge in [-0.1, -0.05) is 13.0 Å². The number of carboxylic acid groups (broad SMARTS) is 1. The Balaban J connectivity index is 0.000000396. The van der Waals surface area contributed by atoms with Crippen LogP contribution in [0.25, 0.3) is 0 Å². The van der Waals surface area contributed by atoms with Crippen LogP contribution in [0.5, 0.6) is 5.75 Å². The number of aliphatic carboxylic acids is 1. The Morgan fingerprint density at radius 2 is 1.90 bits per heavy atom. The van der Waals surface area contributed by atoms with Crippen LogP contribution in [0.15, 0.2) is 18.2 Å². The van der Waals surface area contributed by atoms with Crippen molar-refractivity contribution in [2.24, 2.45) is 11.8 Å². The van der Waals surface area contributed by atoms with Crippen LogP contribution in [0.2, 0.25) is 0 Å². The van der Waals surface area contributed by atoms with Crippen molar-refractivity contribution >= 4 is 11.9 Å². The molecule has 6 nitrogen and oxygen atoms in total. The summed E-state index contributed by atoms with van der Waals surface area (Å²) in [6.07, 6.45) is -2.00. The quantitative estimate of drug-likeness (QED) is 0.696. The molecule has 2 unspecified atom stereocenters. The number of hydrogen-bond acceptors (Lipinski definition) is 4. The molecule has 1 saturated carbocycles. The molecule has 2 N–H and O–H groups in total. The van der Waals surface area contributed by atoms with Gasteiger partial charge < -0.3 is 20.1 Å². The Morgan fingerprint density at radius 3 is 2.37 bits per heavy atom. The van der Waals surface area contributed by atoms with Crippen LogP contribution in [0.1, 0.15) is 31.7 Å². The Kier molecular flexibility index (Phi) is 8.05. The van der Waals surface area contributed by atoms with Crippen LogP contribution >= 0.6 is 0 Å². The van der Waals surface area contributed by atoms with Gasteiger partial charge in [-0.25, -0.2) is 9.18 Å². The highest BCUT2D eigenvalue weighted by atomic mass is 19.4. The Bertz CT molecular complexity index is 753. The fourth-order valence-corrected chi connectivity index (χ4v) is 3.31. The highest BCUT2D eigenvalue weighted by Crippen LogP contribution is 2.32. The van der Waals surface area contributed by atoms with Gasteiger partial charge in [-0.3, -0.25) is 4.79 Å². The number of piperidine rings is 1. The fraction of sp³-hybridized carbons (Fsp3) is 0.600. The molecule has 1 aromatic rings. The average Bonchev–Trinajstić information content (AvgIpc) is 3.51. The summed E-state index contributed by atoms with van der Waals surface area (Å²) in [4.78, 5) is 23.1. The van der Waals surface area contributed by atoms with Gasteiger partial charge in [0.25, 0.3) is 0 Å². The molecule has 0 bridgehead atoms. The number of benzene rings is 1. The zero-order valence-electron chi connectivity index (χ0n) is 16.8. The fourth-order valence-electron chi connectivity index (χ4n) is 3.31. The minimum absolute atomic E-state index is 0.272. The molecule has 1 saturated heterocycles. The summed E-state index contributed by atoms with van der Waals surface area (Å²) < 4.78 is 50.4. The molecular weight excluding hydrogens is 408 g/mol. The molecule has 1 amide bonds. The number of methoxy groups -OCH3 is 1. The van der Waals surface area contributed by atoms with Crippen molar-refractivity contribution in [2.45, 2.75) is 44.9 Å². The van der Waals surface area contributed by atoms with Gasteiger partial charge in [0.1, 0.15) is 0 Å². The van der Waals surface area contributed by atoms with Gasteiger partial charge in [0.15, 0.2) is 11.6 Å². The van der Waals surface area contributed by atoms with E-state index < -0.39 is 12.1 Å². The maximum atomic E-state index is 13.7. The lowest BCUT2D eigenvalue weighted by Crippen LogP contribution is -2.50. The van der Waals surface area contributed by atoms with E-state index in [9.17, 15) is 22.4 Å².